The van der Waals surface area contributed by atoms with Gasteiger partial charge in [0.2, 0.25) is 0 Å². The van der Waals surface area contributed by atoms with Gasteiger partial charge in [-0.05, 0) is 31.4 Å². The van der Waals surface area contributed by atoms with Crippen LogP contribution in [0.15, 0.2) is 12.1 Å². The largest absolute Gasteiger partial charge is 0.493 e. The number of hydrogen-bond acceptors (Lipinski definition) is 2. The van der Waals surface area contributed by atoms with Gasteiger partial charge in [0.05, 0.1) is 12.7 Å². The maximum absolute atomic E-state index is 13.5. The van der Waals surface area contributed by atoms with Gasteiger partial charge in [-0.3, -0.25) is 0 Å². The number of aliphatic hydroxyl groups is 1. The molecule has 0 aliphatic heterocycles. The Morgan fingerprint density at radius 2 is 2.13 bits per heavy atom. The molecule has 0 amide bonds. The number of benzene rings is 1. The zero-order chi connectivity index (χ0) is 11.1. The van der Waals surface area contributed by atoms with Crippen LogP contribution in [-0.2, 0) is 6.42 Å². The quantitative estimate of drug-likeness (QED) is 0.828. The van der Waals surface area contributed by atoms with Crippen molar-refractivity contribution in [2.24, 2.45) is 0 Å². The first kappa shape index (κ1) is 10.4. The highest BCUT2D eigenvalue weighted by Gasteiger charge is 2.41. The van der Waals surface area contributed by atoms with Crippen molar-refractivity contribution in [1.82, 2.24) is 0 Å². The maximum Gasteiger partial charge on any atom is 0.165 e. The average molecular weight is 210 g/mol. The second kappa shape index (κ2) is 3.49. The monoisotopic (exact) mass is 210 g/mol. The van der Waals surface area contributed by atoms with Crippen LogP contribution < -0.4 is 4.74 Å². The molecular weight excluding hydrogens is 195 g/mol. The molecular formula is C12H15FO2. The topological polar surface area (TPSA) is 29.5 Å². The SMILES string of the molecule is COc1c(F)cc(C)cc1CC1(O)CC1. The summed E-state index contributed by atoms with van der Waals surface area (Å²) in [6, 6.07) is 3.32. The van der Waals surface area contributed by atoms with Crippen LogP contribution in [0.25, 0.3) is 0 Å². The fourth-order valence-electron chi connectivity index (χ4n) is 1.84. The van der Waals surface area contributed by atoms with Crippen LogP contribution in [-0.4, -0.2) is 17.8 Å². The summed E-state index contributed by atoms with van der Waals surface area (Å²) in [5.41, 5.74) is 0.996. The standard InChI is InChI=1S/C12H15FO2/c1-8-5-9(7-12(14)3-4-12)11(15-2)10(13)6-8/h5-6,14H,3-4,7H2,1-2H3. The van der Waals surface area contributed by atoms with E-state index in [4.69, 9.17) is 4.74 Å². The van der Waals surface area contributed by atoms with Gasteiger partial charge >= 0.3 is 0 Å². The second-order valence-electron chi connectivity index (χ2n) is 4.34. The third-order valence-corrected chi connectivity index (χ3v) is 2.82. The van der Waals surface area contributed by atoms with E-state index >= 15 is 0 Å². The molecule has 0 spiro atoms. The van der Waals surface area contributed by atoms with Crippen molar-refractivity contribution in [1.29, 1.82) is 0 Å². The van der Waals surface area contributed by atoms with Crippen molar-refractivity contribution in [2.75, 3.05) is 7.11 Å². The minimum absolute atomic E-state index is 0.265. The lowest BCUT2D eigenvalue weighted by molar-refractivity contribution is 0.149. The second-order valence-corrected chi connectivity index (χ2v) is 4.34. The van der Waals surface area contributed by atoms with E-state index in [9.17, 15) is 9.50 Å². The predicted octanol–water partition coefficient (Wildman–Crippen LogP) is 2.21. The Hall–Kier alpha value is -1.09. The number of rotatable bonds is 3. The van der Waals surface area contributed by atoms with Crippen molar-refractivity contribution in [3.63, 3.8) is 0 Å². The molecule has 0 saturated heterocycles. The lowest BCUT2D eigenvalue weighted by Crippen LogP contribution is -2.12. The molecule has 1 aromatic rings. The molecule has 1 N–H and O–H groups in total. The van der Waals surface area contributed by atoms with Crippen LogP contribution in [0.3, 0.4) is 0 Å². The molecule has 1 aromatic carbocycles. The van der Waals surface area contributed by atoms with Crippen LogP contribution in [0, 0.1) is 12.7 Å². The van der Waals surface area contributed by atoms with Gasteiger partial charge in [-0.15, -0.1) is 0 Å². The normalized spacial score (nSPS) is 17.6. The van der Waals surface area contributed by atoms with Gasteiger partial charge in [-0.25, -0.2) is 4.39 Å². The molecule has 0 bridgehead atoms. The minimum Gasteiger partial charge on any atom is -0.493 e. The third kappa shape index (κ3) is 2.12. The number of methoxy groups -OCH3 is 1. The van der Waals surface area contributed by atoms with Gasteiger partial charge < -0.3 is 9.84 Å². The van der Waals surface area contributed by atoms with E-state index < -0.39 is 5.60 Å². The zero-order valence-corrected chi connectivity index (χ0v) is 9.01. The first-order valence-electron chi connectivity index (χ1n) is 5.09. The summed E-state index contributed by atoms with van der Waals surface area (Å²) >= 11 is 0. The molecule has 0 heterocycles. The molecule has 1 aliphatic carbocycles. The molecule has 2 rings (SSSR count). The van der Waals surface area contributed by atoms with Crippen molar-refractivity contribution < 1.29 is 14.2 Å². The van der Waals surface area contributed by atoms with E-state index in [-0.39, 0.29) is 11.6 Å². The molecule has 0 radical (unpaired) electrons. The number of hydrogen-bond donors (Lipinski definition) is 1. The predicted molar refractivity (Wildman–Crippen MR) is 55.6 cm³/mol. The first-order valence-corrected chi connectivity index (χ1v) is 5.09. The van der Waals surface area contributed by atoms with Crippen LogP contribution in [0.1, 0.15) is 24.0 Å². The Morgan fingerprint density at radius 3 is 2.67 bits per heavy atom. The van der Waals surface area contributed by atoms with Crippen molar-refractivity contribution in [3.8, 4) is 5.75 Å². The highest BCUT2D eigenvalue weighted by molar-refractivity contribution is 5.40. The van der Waals surface area contributed by atoms with Gasteiger partial charge in [0.25, 0.3) is 0 Å². The first-order chi connectivity index (χ1) is 7.04. The Balaban J connectivity index is 2.35. The molecule has 15 heavy (non-hydrogen) atoms. The zero-order valence-electron chi connectivity index (χ0n) is 9.01. The van der Waals surface area contributed by atoms with Crippen LogP contribution in [0.4, 0.5) is 4.39 Å². The number of ether oxygens (including phenoxy) is 1. The molecule has 2 nitrogen and oxygen atoms in total. The smallest absolute Gasteiger partial charge is 0.165 e. The summed E-state index contributed by atoms with van der Waals surface area (Å²) in [5, 5.41) is 9.81. The molecule has 1 saturated carbocycles. The summed E-state index contributed by atoms with van der Waals surface area (Å²) in [4.78, 5) is 0. The summed E-state index contributed by atoms with van der Waals surface area (Å²) < 4.78 is 18.5. The molecule has 0 unspecified atom stereocenters. The fourth-order valence-corrected chi connectivity index (χ4v) is 1.84. The number of halogens is 1. The average Bonchev–Trinajstić information content (AvgIpc) is 2.82. The highest BCUT2D eigenvalue weighted by Crippen LogP contribution is 2.40. The Kier molecular flexibility index (Phi) is 2.43. The van der Waals surface area contributed by atoms with Gasteiger partial charge in [0.1, 0.15) is 0 Å². The fraction of sp³-hybridized carbons (Fsp3) is 0.500. The Bertz CT molecular complexity index is 383. The van der Waals surface area contributed by atoms with E-state index in [0.29, 0.717) is 6.42 Å². The summed E-state index contributed by atoms with van der Waals surface area (Å²) in [5.74, 6) is -0.0855. The molecule has 0 atom stereocenters. The van der Waals surface area contributed by atoms with Crippen LogP contribution in [0.5, 0.6) is 5.75 Å². The minimum atomic E-state index is -0.618. The van der Waals surface area contributed by atoms with Crippen LogP contribution in [0.2, 0.25) is 0 Å². The van der Waals surface area contributed by atoms with Crippen molar-refractivity contribution in [3.05, 3.63) is 29.1 Å². The van der Waals surface area contributed by atoms with Crippen molar-refractivity contribution >= 4 is 0 Å². The van der Waals surface area contributed by atoms with Crippen molar-refractivity contribution in [2.45, 2.75) is 31.8 Å². The summed E-state index contributed by atoms with van der Waals surface area (Å²) in [7, 11) is 1.45. The lowest BCUT2D eigenvalue weighted by Gasteiger charge is -2.13. The van der Waals surface area contributed by atoms with E-state index in [0.717, 1.165) is 24.0 Å². The van der Waals surface area contributed by atoms with E-state index in [1.165, 1.54) is 13.2 Å². The summed E-state index contributed by atoms with van der Waals surface area (Å²) in [6.07, 6.45) is 2.08. The number of aryl methyl sites for hydroxylation is 1. The van der Waals surface area contributed by atoms with E-state index in [2.05, 4.69) is 0 Å². The highest BCUT2D eigenvalue weighted by atomic mass is 19.1. The van der Waals surface area contributed by atoms with Crippen LogP contribution >= 0.6 is 0 Å². The van der Waals surface area contributed by atoms with Gasteiger partial charge in [0.15, 0.2) is 11.6 Å². The Labute approximate surface area is 88.7 Å². The maximum atomic E-state index is 13.5. The Morgan fingerprint density at radius 1 is 1.47 bits per heavy atom. The van der Waals surface area contributed by atoms with Gasteiger partial charge in [-0.2, -0.15) is 0 Å². The third-order valence-electron chi connectivity index (χ3n) is 2.82. The molecule has 1 fully saturated rings. The molecule has 3 heteroatoms. The summed E-state index contributed by atoms with van der Waals surface area (Å²) in [6.45, 7) is 1.84. The van der Waals surface area contributed by atoms with Gasteiger partial charge in [0, 0.05) is 12.0 Å². The molecule has 1 aliphatic rings. The molecule has 82 valence electrons. The lowest BCUT2D eigenvalue weighted by atomic mass is 10.0. The molecule has 0 aromatic heterocycles. The van der Waals surface area contributed by atoms with E-state index in [1.807, 2.05) is 13.0 Å². The van der Waals surface area contributed by atoms with Gasteiger partial charge in [-0.1, -0.05) is 6.07 Å². The van der Waals surface area contributed by atoms with E-state index in [1.54, 1.807) is 0 Å².